The normalized spacial score (nSPS) is 21.2. The molecule has 2 aliphatic rings. The van der Waals surface area contributed by atoms with E-state index in [2.05, 4.69) is 42.5 Å². The first-order chi connectivity index (χ1) is 11.4. The zero-order chi connectivity index (χ0) is 15.5. The molecule has 2 saturated carbocycles. The number of benzene rings is 2. The van der Waals surface area contributed by atoms with Crippen LogP contribution in [-0.2, 0) is 6.42 Å². The molecular formula is C23H30. The van der Waals surface area contributed by atoms with Crippen molar-refractivity contribution in [3.8, 4) is 0 Å². The van der Waals surface area contributed by atoms with Crippen molar-refractivity contribution < 1.29 is 0 Å². The van der Waals surface area contributed by atoms with E-state index in [1.54, 1.807) is 5.56 Å². The fourth-order valence-corrected chi connectivity index (χ4v) is 4.87. The van der Waals surface area contributed by atoms with E-state index in [0.717, 1.165) is 17.8 Å². The van der Waals surface area contributed by atoms with Gasteiger partial charge in [0.2, 0.25) is 0 Å². The SMILES string of the molecule is c1ccc2cc(CC(CC3CCCCC3)C3CCC3)ccc2c1. The molecule has 2 aliphatic carbocycles. The summed E-state index contributed by atoms with van der Waals surface area (Å²) in [7, 11) is 0. The van der Waals surface area contributed by atoms with Gasteiger partial charge in [-0.05, 0) is 46.9 Å². The highest BCUT2D eigenvalue weighted by molar-refractivity contribution is 5.82. The van der Waals surface area contributed by atoms with Gasteiger partial charge in [-0.1, -0.05) is 93.8 Å². The van der Waals surface area contributed by atoms with Crippen LogP contribution in [-0.4, -0.2) is 0 Å². The van der Waals surface area contributed by atoms with Crippen molar-refractivity contribution in [1.82, 2.24) is 0 Å². The van der Waals surface area contributed by atoms with Crippen molar-refractivity contribution in [2.24, 2.45) is 17.8 Å². The van der Waals surface area contributed by atoms with E-state index in [0.29, 0.717) is 0 Å². The molecule has 23 heavy (non-hydrogen) atoms. The molecule has 0 heteroatoms. The lowest BCUT2D eigenvalue weighted by molar-refractivity contribution is 0.159. The zero-order valence-electron chi connectivity index (χ0n) is 14.3. The Hall–Kier alpha value is -1.30. The molecule has 0 amide bonds. The second-order valence-corrected chi connectivity index (χ2v) is 8.08. The smallest absolute Gasteiger partial charge is 0.0181 e. The molecule has 0 nitrogen and oxygen atoms in total. The minimum Gasteiger partial charge on any atom is -0.0616 e. The van der Waals surface area contributed by atoms with Crippen LogP contribution in [0.15, 0.2) is 42.5 Å². The molecule has 1 atom stereocenters. The quantitative estimate of drug-likeness (QED) is 0.572. The second kappa shape index (κ2) is 7.07. The molecule has 0 radical (unpaired) electrons. The fourth-order valence-electron chi connectivity index (χ4n) is 4.87. The van der Waals surface area contributed by atoms with E-state index >= 15 is 0 Å². The van der Waals surface area contributed by atoms with Crippen LogP contribution in [0, 0.1) is 17.8 Å². The van der Waals surface area contributed by atoms with Gasteiger partial charge in [0, 0.05) is 0 Å². The van der Waals surface area contributed by atoms with Crippen LogP contribution >= 0.6 is 0 Å². The lowest BCUT2D eigenvalue weighted by Crippen LogP contribution is -2.26. The molecule has 2 aromatic rings. The Kier molecular flexibility index (Phi) is 4.69. The van der Waals surface area contributed by atoms with Gasteiger partial charge in [-0.15, -0.1) is 0 Å². The molecule has 4 rings (SSSR count). The van der Waals surface area contributed by atoms with E-state index in [1.807, 2.05) is 0 Å². The third kappa shape index (κ3) is 3.62. The van der Waals surface area contributed by atoms with Crippen molar-refractivity contribution in [3.63, 3.8) is 0 Å². The van der Waals surface area contributed by atoms with Crippen LogP contribution in [0.3, 0.4) is 0 Å². The van der Waals surface area contributed by atoms with E-state index < -0.39 is 0 Å². The second-order valence-electron chi connectivity index (χ2n) is 8.08. The maximum atomic E-state index is 2.45. The van der Waals surface area contributed by atoms with Gasteiger partial charge in [0.1, 0.15) is 0 Å². The summed E-state index contributed by atoms with van der Waals surface area (Å²) in [6.07, 6.45) is 14.7. The van der Waals surface area contributed by atoms with E-state index in [-0.39, 0.29) is 0 Å². The number of hydrogen-bond donors (Lipinski definition) is 0. The topological polar surface area (TPSA) is 0 Å². The minimum absolute atomic E-state index is 0.938. The Bertz CT molecular complexity index is 631. The summed E-state index contributed by atoms with van der Waals surface area (Å²) < 4.78 is 0. The molecule has 1 unspecified atom stereocenters. The van der Waals surface area contributed by atoms with Gasteiger partial charge in [0.25, 0.3) is 0 Å². The average molecular weight is 306 g/mol. The summed E-state index contributed by atoms with van der Waals surface area (Å²) >= 11 is 0. The average Bonchev–Trinajstić information content (AvgIpc) is 2.54. The van der Waals surface area contributed by atoms with Crippen LogP contribution in [0.2, 0.25) is 0 Å². The zero-order valence-corrected chi connectivity index (χ0v) is 14.3. The third-order valence-corrected chi connectivity index (χ3v) is 6.49. The number of rotatable bonds is 5. The molecule has 2 fully saturated rings. The summed E-state index contributed by atoms with van der Waals surface area (Å²) in [5, 5.41) is 2.79. The summed E-state index contributed by atoms with van der Waals surface area (Å²) in [5.41, 5.74) is 1.57. The first-order valence-corrected chi connectivity index (χ1v) is 9.86. The van der Waals surface area contributed by atoms with Gasteiger partial charge in [-0.2, -0.15) is 0 Å². The molecule has 2 aromatic carbocycles. The lowest BCUT2D eigenvalue weighted by atomic mass is 9.69. The van der Waals surface area contributed by atoms with Gasteiger partial charge >= 0.3 is 0 Å². The molecule has 0 saturated heterocycles. The van der Waals surface area contributed by atoms with Gasteiger partial charge < -0.3 is 0 Å². The van der Waals surface area contributed by atoms with Crippen molar-refractivity contribution >= 4 is 10.8 Å². The van der Waals surface area contributed by atoms with Crippen molar-refractivity contribution in [2.45, 2.75) is 64.2 Å². The van der Waals surface area contributed by atoms with E-state index in [4.69, 9.17) is 0 Å². The van der Waals surface area contributed by atoms with Crippen molar-refractivity contribution in [2.75, 3.05) is 0 Å². The summed E-state index contributed by atoms with van der Waals surface area (Å²) in [5.74, 6) is 2.98. The highest BCUT2D eigenvalue weighted by atomic mass is 14.3. The Morgan fingerprint density at radius 2 is 1.57 bits per heavy atom. The number of fused-ring (bicyclic) bond motifs is 1. The molecule has 0 heterocycles. The van der Waals surface area contributed by atoms with Gasteiger partial charge in [0.05, 0.1) is 0 Å². The molecule has 0 bridgehead atoms. The van der Waals surface area contributed by atoms with Crippen molar-refractivity contribution in [1.29, 1.82) is 0 Å². The predicted molar refractivity (Wildman–Crippen MR) is 99.7 cm³/mol. The Balaban J connectivity index is 1.48. The van der Waals surface area contributed by atoms with Crippen LogP contribution in [0.4, 0.5) is 0 Å². The van der Waals surface area contributed by atoms with E-state index in [1.165, 1.54) is 75.0 Å². The third-order valence-electron chi connectivity index (χ3n) is 6.49. The van der Waals surface area contributed by atoms with Gasteiger partial charge in [-0.25, -0.2) is 0 Å². The summed E-state index contributed by atoms with van der Waals surface area (Å²) in [6, 6.07) is 15.9. The van der Waals surface area contributed by atoms with Crippen LogP contribution in [0.25, 0.3) is 10.8 Å². The fraction of sp³-hybridized carbons (Fsp3) is 0.565. The van der Waals surface area contributed by atoms with Gasteiger partial charge in [-0.3, -0.25) is 0 Å². The molecule has 122 valence electrons. The Morgan fingerprint density at radius 1 is 0.783 bits per heavy atom. The molecular weight excluding hydrogens is 276 g/mol. The van der Waals surface area contributed by atoms with Gasteiger partial charge in [0.15, 0.2) is 0 Å². The first kappa shape index (κ1) is 15.2. The van der Waals surface area contributed by atoms with Crippen molar-refractivity contribution in [3.05, 3.63) is 48.0 Å². The largest absolute Gasteiger partial charge is 0.0616 e. The van der Waals surface area contributed by atoms with Crippen LogP contribution in [0.1, 0.15) is 63.4 Å². The summed E-state index contributed by atoms with van der Waals surface area (Å²) in [6.45, 7) is 0. The standard InChI is InChI=1S/C23H30/c1-2-7-18(8-3-1)15-23(20-11-6-12-20)17-19-13-14-21-9-4-5-10-22(21)16-19/h4-5,9-10,13-14,16,18,20,23H,1-3,6-8,11-12,15,17H2. The lowest BCUT2D eigenvalue weighted by Gasteiger charge is -2.37. The van der Waals surface area contributed by atoms with Crippen LogP contribution in [0.5, 0.6) is 0 Å². The van der Waals surface area contributed by atoms with Crippen LogP contribution < -0.4 is 0 Å². The number of hydrogen-bond acceptors (Lipinski definition) is 0. The highest BCUT2D eigenvalue weighted by Gasteiger charge is 2.29. The predicted octanol–water partition coefficient (Wildman–Crippen LogP) is 6.77. The minimum atomic E-state index is 0.938. The molecule has 0 aromatic heterocycles. The first-order valence-electron chi connectivity index (χ1n) is 9.86. The highest BCUT2D eigenvalue weighted by Crippen LogP contribution is 2.41. The molecule has 0 spiro atoms. The molecule has 0 N–H and O–H groups in total. The monoisotopic (exact) mass is 306 g/mol. The van der Waals surface area contributed by atoms with E-state index in [9.17, 15) is 0 Å². The molecule has 0 aliphatic heterocycles. The Labute approximate surface area is 141 Å². The summed E-state index contributed by atoms with van der Waals surface area (Å²) in [4.78, 5) is 0. The maximum Gasteiger partial charge on any atom is -0.0181 e. The Morgan fingerprint density at radius 3 is 2.30 bits per heavy atom. The maximum absolute atomic E-state index is 2.45.